The molecule has 0 N–H and O–H groups in total. The summed E-state index contributed by atoms with van der Waals surface area (Å²) in [6.45, 7) is 0. The van der Waals surface area contributed by atoms with Crippen LogP contribution >= 0.6 is 15.9 Å². The Morgan fingerprint density at radius 3 is 2.55 bits per heavy atom. The molecule has 1 aliphatic rings. The normalized spacial score (nSPS) is 18.4. The van der Waals surface area contributed by atoms with Gasteiger partial charge in [-0.1, -0.05) is 82.2 Å². The van der Waals surface area contributed by atoms with E-state index in [1.165, 1.54) is 30.4 Å². The molecule has 1 atom stereocenters. The first-order chi connectivity index (χ1) is 10.8. The van der Waals surface area contributed by atoms with Gasteiger partial charge in [0, 0.05) is 4.47 Å². The van der Waals surface area contributed by atoms with Crippen LogP contribution in [0.4, 0.5) is 0 Å². The molecule has 0 heterocycles. The Balaban J connectivity index is 1.60. The second-order valence-corrected chi connectivity index (χ2v) is 6.89. The zero-order valence-electron chi connectivity index (χ0n) is 12.7. The van der Waals surface area contributed by atoms with Crippen molar-refractivity contribution in [3.63, 3.8) is 0 Å². The molecule has 1 aliphatic carbocycles. The minimum atomic E-state index is 0.673. The minimum absolute atomic E-state index is 0.673. The van der Waals surface area contributed by atoms with E-state index in [-0.39, 0.29) is 0 Å². The smallest absolute Gasteiger partial charge is 0.0175 e. The fourth-order valence-electron chi connectivity index (χ4n) is 3.01. The SMILES string of the molecule is Brc1ccc(/C=C/[C@@H]2CCC=C(Cc3ccccc3)C2)cc1. The summed E-state index contributed by atoms with van der Waals surface area (Å²) in [5, 5.41) is 0. The fourth-order valence-corrected chi connectivity index (χ4v) is 3.28. The van der Waals surface area contributed by atoms with Crippen LogP contribution in [0.5, 0.6) is 0 Å². The van der Waals surface area contributed by atoms with Gasteiger partial charge in [0.25, 0.3) is 0 Å². The van der Waals surface area contributed by atoms with E-state index in [0.717, 1.165) is 10.9 Å². The van der Waals surface area contributed by atoms with E-state index < -0.39 is 0 Å². The van der Waals surface area contributed by atoms with Crippen LogP contribution in [0.3, 0.4) is 0 Å². The molecule has 1 heteroatoms. The first kappa shape index (κ1) is 15.3. The van der Waals surface area contributed by atoms with Crippen LogP contribution < -0.4 is 0 Å². The molecular formula is C21H21Br. The van der Waals surface area contributed by atoms with Gasteiger partial charge in [0.1, 0.15) is 0 Å². The molecule has 0 radical (unpaired) electrons. The molecule has 0 aromatic heterocycles. The van der Waals surface area contributed by atoms with Crippen LogP contribution in [-0.2, 0) is 6.42 Å². The van der Waals surface area contributed by atoms with E-state index in [9.17, 15) is 0 Å². The van der Waals surface area contributed by atoms with E-state index >= 15 is 0 Å². The molecule has 0 saturated carbocycles. The molecule has 0 saturated heterocycles. The van der Waals surface area contributed by atoms with Gasteiger partial charge in [-0.3, -0.25) is 0 Å². The molecule has 0 amide bonds. The molecule has 112 valence electrons. The monoisotopic (exact) mass is 352 g/mol. The average Bonchev–Trinajstić information content (AvgIpc) is 2.56. The number of halogens is 1. The molecule has 2 aromatic rings. The molecule has 22 heavy (non-hydrogen) atoms. The zero-order valence-corrected chi connectivity index (χ0v) is 14.3. The summed E-state index contributed by atoms with van der Waals surface area (Å²) >= 11 is 3.48. The number of hydrogen-bond acceptors (Lipinski definition) is 0. The van der Waals surface area contributed by atoms with Crippen LogP contribution in [0.15, 0.2) is 76.8 Å². The molecule has 0 nitrogen and oxygen atoms in total. The van der Waals surface area contributed by atoms with Crippen LogP contribution in [0.2, 0.25) is 0 Å². The van der Waals surface area contributed by atoms with Crippen molar-refractivity contribution in [1.29, 1.82) is 0 Å². The van der Waals surface area contributed by atoms with Gasteiger partial charge in [0.05, 0.1) is 0 Å². The van der Waals surface area contributed by atoms with Gasteiger partial charge in [-0.05, 0) is 54.9 Å². The highest BCUT2D eigenvalue weighted by molar-refractivity contribution is 9.10. The Morgan fingerprint density at radius 1 is 1.00 bits per heavy atom. The number of hydrogen-bond donors (Lipinski definition) is 0. The Bertz CT molecular complexity index is 650. The zero-order chi connectivity index (χ0) is 15.2. The molecule has 2 aromatic carbocycles. The average molecular weight is 353 g/mol. The Kier molecular flexibility index (Phi) is 5.29. The van der Waals surface area contributed by atoms with E-state index in [4.69, 9.17) is 0 Å². The van der Waals surface area contributed by atoms with Crippen LogP contribution in [0.1, 0.15) is 30.4 Å². The van der Waals surface area contributed by atoms with Crippen molar-refractivity contribution < 1.29 is 0 Å². The number of allylic oxidation sites excluding steroid dienone is 3. The molecule has 0 unspecified atom stereocenters. The Labute approximate surface area is 141 Å². The van der Waals surface area contributed by atoms with E-state index in [2.05, 4.69) is 88.8 Å². The van der Waals surface area contributed by atoms with E-state index in [1.807, 2.05) is 0 Å². The maximum Gasteiger partial charge on any atom is 0.0175 e. The molecular weight excluding hydrogens is 332 g/mol. The van der Waals surface area contributed by atoms with Crippen molar-refractivity contribution in [3.05, 3.63) is 87.9 Å². The fraction of sp³-hybridized carbons (Fsp3) is 0.238. The highest BCUT2D eigenvalue weighted by atomic mass is 79.9. The Hall–Kier alpha value is -1.60. The highest BCUT2D eigenvalue weighted by Crippen LogP contribution is 2.28. The molecule has 0 bridgehead atoms. The second-order valence-electron chi connectivity index (χ2n) is 5.98. The quantitative estimate of drug-likeness (QED) is 0.556. The molecule has 3 rings (SSSR count). The van der Waals surface area contributed by atoms with Crippen molar-refractivity contribution in [2.45, 2.75) is 25.7 Å². The summed E-state index contributed by atoms with van der Waals surface area (Å²) in [4.78, 5) is 0. The predicted molar refractivity (Wildman–Crippen MR) is 98.7 cm³/mol. The van der Waals surface area contributed by atoms with Crippen molar-refractivity contribution in [3.8, 4) is 0 Å². The maximum absolute atomic E-state index is 3.48. The topological polar surface area (TPSA) is 0 Å². The lowest BCUT2D eigenvalue weighted by molar-refractivity contribution is 0.558. The van der Waals surface area contributed by atoms with Crippen molar-refractivity contribution in [1.82, 2.24) is 0 Å². The lowest BCUT2D eigenvalue weighted by Crippen LogP contribution is -2.06. The van der Waals surface area contributed by atoms with Gasteiger partial charge in [0.15, 0.2) is 0 Å². The van der Waals surface area contributed by atoms with Gasteiger partial charge in [-0.2, -0.15) is 0 Å². The lowest BCUT2D eigenvalue weighted by Gasteiger charge is -2.20. The summed E-state index contributed by atoms with van der Waals surface area (Å²) in [6.07, 6.45) is 11.9. The van der Waals surface area contributed by atoms with Crippen LogP contribution in [0.25, 0.3) is 6.08 Å². The predicted octanol–water partition coefficient (Wildman–Crippen LogP) is 6.43. The van der Waals surface area contributed by atoms with Crippen LogP contribution in [-0.4, -0.2) is 0 Å². The summed E-state index contributed by atoms with van der Waals surface area (Å²) in [5.74, 6) is 0.673. The van der Waals surface area contributed by atoms with Gasteiger partial charge in [0.2, 0.25) is 0 Å². The number of rotatable bonds is 4. The second kappa shape index (κ2) is 7.60. The van der Waals surface area contributed by atoms with E-state index in [0.29, 0.717) is 5.92 Å². The third-order valence-corrected chi connectivity index (χ3v) is 4.73. The summed E-state index contributed by atoms with van der Waals surface area (Å²) in [5.41, 5.74) is 4.29. The summed E-state index contributed by atoms with van der Waals surface area (Å²) in [7, 11) is 0. The van der Waals surface area contributed by atoms with Crippen molar-refractivity contribution in [2.24, 2.45) is 5.92 Å². The van der Waals surface area contributed by atoms with Crippen molar-refractivity contribution >= 4 is 22.0 Å². The molecule has 0 aliphatic heterocycles. The summed E-state index contributed by atoms with van der Waals surface area (Å²) in [6, 6.07) is 19.3. The number of benzene rings is 2. The molecule has 0 spiro atoms. The third-order valence-electron chi connectivity index (χ3n) is 4.20. The first-order valence-corrected chi connectivity index (χ1v) is 8.74. The largest absolute Gasteiger partial charge is 0.0850 e. The third kappa shape index (κ3) is 4.45. The minimum Gasteiger partial charge on any atom is -0.0850 e. The van der Waals surface area contributed by atoms with Gasteiger partial charge in [-0.15, -0.1) is 0 Å². The lowest BCUT2D eigenvalue weighted by atomic mass is 9.85. The summed E-state index contributed by atoms with van der Waals surface area (Å²) < 4.78 is 1.13. The highest BCUT2D eigenvalue weighted by Gasteiger charge is 2.13. The van der Waals surface area contributed by atoms with E-state index in [1.54, 1.807) is 5.57 Å². The van der Waals surface area contributed by atoms with Crippen LogP contribution in [0, 0.1) is 5.92 Å². The van der Waals surface area contributed by atoms with Crippen molar-refractivity contribution in [2.75, 3.05) is 0 Å². The van der Waals surface area contributed by atoms with Gasteiger partial charge >= 0.3 is 0 Å². The van der Waals surface area contributed by atoms with Gasteiger partial charge < -0.3 is 0 Å². The molecule has 0 fully saturated rings. The van der Waals surface area contributed by atoms with Gasteiger partial charge in [-0.25, -0.2) is 0 Å². The Morgan fingerprint density at radius 2 is 1.77 bits per heavy atom. The standard InChI is InChI=1S/C21H21Br/c22-21-13-11-17(12-14-21)9-10-19-7-4-8-20(16-19)15-18-5-2-1-3-6-18/h1-3,5-6,8-14,19H,4,7,15-16H2/b10-9+/t19-/m0/s1. The maximum atomic E-state index is 3.48. The first-order valence-electron chi connectivity index (χ1n) is 7.95.